The molecular weight excluding hydrogens is 369 g/mol. The molecule has 0 spiro atoms. The third-order valence-corrected chi connectivity index (χ3v) is 4.45. The number of nitrogens with zero attached hydrogens (tertiary/aromatic N) is 2. The number of hydrogen-bond acceptors (Lipinski definition) is 3. The first kappa shape index (κ1) is 22.3. The van der Waals surface area contributed by atoms with E-state index in [1.54, 1.807) is 7.05 Å². The quantitative estimate of drug-likeness (QED) is 0.520. The zero-order valence-electron chi connectivity index (χ0n) is 16.9. The third kappa shape index (κ3) is 8.37. The first-order chi connectivity index (χ1) is 13.2. The van der Waals surface area contributed by atoms with Gasteiger partial charge in [-0.05, 0) is 36.5 Å². The van der Waals surface area contributed by atoms with Crippen LogP contribution in [0, 0.1) is 5.92 Å². The van der Waals surface area contributed by atoms with E-state index < -0.39 is 12.7 Å². The van der Waals surface area contributed by atoms with Gasteiger partial charge in [0.2, 0.25) is 0 Å². The predicted octanol–water partition coefficient (Wildman–Crippen LogP) is 3.07. The molecule has 1 fully saturated rings. The van der Waals surface area contributed by atoms with Gasteiger partial charge < -0.3 is 15.4 Å². The van der Waals surface area contributed by atoms with E-state index in [0.717, 1.165) is 12.2 Å². The molecule has 1 heterocycles. The van der Waals surface area contributed by atoms with Crippen molar-refractivity contribution < 1.29 is 17.9 Å². The van der Waals surface area contributed by atoms with Gasteiger partial charge in [-0.3, -0.25) is 9.89 Å². The Labute approximate surface area is 165 Å². The molecule has 28 heavy (non-hydrogen) atoms. The Morgan fingerprint density at radius 2 is 2.00 bits per heavy atom. The first-order valence-electron chi connectivity index (χ1n) is 9.73. The zero-order chi connectivity index (χ0) is 20.6. The normalized spacial score (nSPS) is 18.5. The summed E-state index contributed by atoms with van der Waals surface area (Å²) in [5, 5.41) is 6.44. The molecule has 0 aromatic heterocycles. The Bertz CT molecular complexity index is 617. The van der Waals surface area contributed by atoms with Crippen LogP contribution in [0.15, 0.2) is 29.3 Å². The van der Waals surface area contributed by atoms with Crippen LogP contribution in [0.2, 0.25) is 0 Å². The van der Waals surface area contributed by atoms with E-state index in [2.05, 4.69) is 29.5 Å². The molecule has 0 saturated carbocycles. The predicted molar refractivity (Wildman–Crippen MR) is 106 cm³/mol. The number of aliphatic imine (C=N–C) groups is 1. The minimum Gasteiger partial charge on any atom is -0.493 e. The largest absolute Gasteiger partial charge is 0.493 e. The smallest absolute Gasteiger partial charge is 0.401 e. The lowest BCUT2D eigenvalue weighted by Gasteiger charge is -2.19. The van der Waals surface area contributed by atoms with E-state index in [9.17, 15) is 13.2 Å². The summed E-state index contributed by atoms with van der Waals surface area (Å²) in [7, 11) is 1.67. The first-order valence-corrected chi connectivity index (χ1v) is 9.73. The van der Waals surface area contributed by atoms with Crippen molar-refractivity contribution in [1.82, 2.24) is 15.5 Å². The number of alkyl halides is 3. The van der Waals surface area contributed by atoms with Crippen LogP contribution in [0.4, 0.5) is 13.2 Å². The second-order valence-corrected chi connectivity index (χ2v) is 7.58. The zero-order valence-corrected chi connectivity index (χ0v) is 16.9. The summed E-state index contributed by atoms with van der Waals surface area (Å²) in [4.78, 5) is 5.60. The van der Waals surface area contributed by atoms with Gasteiger partial charge in [-0.1, -0.05) is 26.0 Å². The van der Waals surface area contributed by atoms with Crippen LogP contribution in [0.5, 0.6) is 5.75 Å². The highest BCUT2D eigenvalue weighted by Gasteiger charge is 2.34. The van der Waals surface area contributed by atoms with Crippen molar-refractivity contribution in [3.05, 3.63) is 29.8 Å². The van der Waals surface area contributed by atoms with Crippen LogP contribution in [0.3, 0.4) is 0 Å². The fraction of sp³-hybridized carbons (Fsp3) is 0.650. The van der Waals surface area contributed by atoms with Crippen molar-refractivity contribution >= 4 is 5.96 Å². The summed E-state index contributed by atoms with van der Waals surface area (Å²) in [5.41, 5.74) is 1.18. The van der Waals surface area contributed by atoms with Gasteiger partial charge in [0.25, 0.3) is 0 Å². The van der Waals surface area contributed by atoms with Crippen molar-refractivity contribution in [2.24, 2.45) is 10.9 Å². The number of hydrogen-bond donors (Lipinski definition) is 2. The van der Waals surface area contributed by atoms with E-state index in [1.165, 1.54) is 10.5 Å². The summed E-state index contributed by atoms with van der Waals surface area (Å²) in [6.45, 7) is 5.57. The Morgan fingerprint density at radius 1 is 1.29 bits per heavy atom. The van der Waals surface area contributed by atoms with Crippen LogP contribution in [0.1, 0.15) is 25.8 Å². The van der Waals surface area contributed by atoms with Gasteiger partial charge in [0.15, 0.2) is 5.96 Å². The fourth-order valence-corrected chi connectivity index (χ4v) is 3.08. The Kier molecular flexibility index (Phi) is 8.41. The van der Waals surface area contributed by atoms with Crippen LogP contribution in [-0.4, -0.2) is 62.9 Å². The highest BCUT2D eigenvalue weighted by atomic mass is 19.4. The number of guanidine groups is 1. The van der Waals surface area contributed by atoms with Gasteiger partial charge in [0.05, 0.1) is 13.2 Å². The topological polar surface area (TPSA) is 48.9 Å². The highest BCUT2D eigenvalue weighted by molar-refractivity contribution is 5.80. The van der Waals surface area contributed by atoms with Crippen LogP contribution in [-0.2, 0) is 6.42 Å². The third-order valence-electron chi connectivity index (χ3n) is 4.45. The van der Waals surface area contributed by atoms with Crippen molar-refractivity contribution in [2.75, 3.05) is 39.8 Å². The summed E-state index contributed by atoms with van der Waals surface area (Å²) < 4.78 is 43.1. The molecule has 1 aromatic carbocycles. The van der Waals surface area contributed by atoms with Gasteiger partial charge in [-0.2, -0.15) is 13.2 Å². The lowest BCUT2D eigenvalue weighted by Crippen LogP contribution is -2.45. The maximum Gasteiger partial charge on any atom is 0.401 e. The Balaban J connectivity index is 1.70. The summed E-state index contributed by atoms with van der Waals surface area (Å²) in [6, 6.07) is 8.00. The average molecular weight is 400 g/mol. The van der Waals surface area contributed by atoms with Crippen LogP contribution >= 0.6 is 0 Å². The molecule has 2 N–H and O–H groups in total. The molecular formula is C20H31F3N4O. The maximum absolute atomic E-state index is 12.5. The summed E-state index contributed by atoms with van der Waals surface area (Å²) >= 11 is 0. The van der Waals surface area contributed by atoms with Crippen LogP contribution < -0.4 is 15.4 Å². The molecule has 0 bridgehead atoms. The average Bonchev–Trinajstić information content (AvgIpc) is 3.05. The lowest BCUT2D eigenvalue weighted by molar-refractivity contribution is -0.143. The molecule has 1 atom stereocenters. The van der Waals surface area contributed by atoms with E-state index in [-0.39, 0.29) is 6.04 Å². The number of halogens is 3. The molecule has 0 radical (unpaired) electrons. The molecule has 1 unspecified atom stereocenters. The SMILES string of the molecule is CN=C(NCCc1ccc(OCC(C)C)cc1)NC1CCN(CC(F)(F)F)C1. The van der Waals surface area contributed by atoms with Crippen molar-refractivity contribution in [3.63, 3.8) is 0 Å². The van der Waals surface area contributed by atoms with E-state index in [0.29, 0.717) is 44.5 Å². The molecule has 5 nitrogen and oxygen atoms in total. The van der Waals surface area contributed by atoms with Crippen LogP contribution in [0.25, 0.3) is 0 Å². The Hall–Kier alpha value is -1.96. The highest BCUT2D eigenvalue weighted by Crippen LogP contribution is 2.20. The van der Waals surface area contributed by atoms with Gasteiger partial charge in [-0.25, -0.2) is 0 Å². The monoisotopic (exact) mass is 400 g/mol. The standard InChI is InChI=1S/C20H31F3N4O/c1-15(2)13-28-18-6-4-16(5-7-18)8-10-25-19(24-3)26-17-9-11-27(12-17)14-20(21,22)23/h4-7,15,17H,8-14H2,1-3H3,(H2,24,25,26). The van der Waals surface area contributed by atoms with Crippen molar-refractivity contribution in [2.45, 2.75) is 38.9 Å². The second kappa shape index (κ2) is 10.5. The van der Waals surface area contributed by atoms with Crippen molar-refractivity contribution in [1.29, 1.82) is 0 Å². The lowest BCUT2D eigenvalue weighted by atomic mass is 10.1. The molecule has 1 saturated heterocycles. The molecule has 0 amide bonds. The van der Waals surface area contributed by atoms with Gasteiger partial charge in [0.1, 0.15) is 5.75 Å². The number of rotatable bonds is 8. The molecule has 0 aliphatic carbocycles. The molecule has 2 rings (SSSR count). The molecule has 8 heteroatoms. The number of likely N-dealkylation sites (tertiary alicyclic amines) is 1. The minimum atomic E-state index is -4.15. The number of ether oxygens (including phenoxy) is 1. The van der Waals surface area contributed by atoms with Gasteiger partial charge >= 0.3 is 6.18 Å². The number of benzene rings is 1. The fourth-order valence-electron chi connectivity index (χ4n) is 3.08. The van der Waals surface area contributed by atoms with Gasteiger partial charge in [0, 0.05) is 32.7 Å². The Morgan fingerprint density at radius 3 is 2.61 bits per heavy atom. The van der Waals surface area contributed by atoms with E-state index >= 15 is 0 Å². The summed E-state index contributed by atoms with van der Waals surface area (Å²) in [6.07, 6.45) is -2.66. The molecule has 1 aliphatic rings. The maximum atomic E-state index is 12.5. The summed E-state index contributed by atoms with van der Waals surface area (Å²) in [5.74, 6) is 1.98. The molecule has 158 valence electrons. The second-order valence-electron chi connectivity index (χ2n) is 7.58. The van der Waals surface area contributed by atoms with Gasteiger partial charge in [-0.15, -0.1) is 0 Å². The minimum absolute atomic E-state index is 0.0223. The number of nitrogens with one attached hydrogen (secondary N) is 2. The van der Waals surface area contributed by atoms with E-state index in [1.807, 2.05) is 24.3 Å². The van der Waals surface area contributed by atoms with E-state index in [4.69, 9.17) is 4.74 Å². The molecule has 1 aromatic rings. The van der Waals surface area contributed by atoms with Crippen molar-refractivity contribution in [3.8, 4) is 5.75 Å². The molecule has 1 aliphatic heterocycles.